The number of anilines is 1. The molecule has 3 aromatic rings. The number of carbonyl (C=O) groups is 2. The van der Waals surface area contributed by atoms with Gasteiger partial charge in [-0.15, -0.1) is 5.10 Å². The predicted molar refractivity (Wildman–Crippen MR) is 112 cm³/mol. The molecule has 0 atom stereocenters. The Morgan fingerprint density at radius 3 is 2.20 bits per heavy atom. The Labute approximate surface area is 173 Å². The Morgan fingerprint density at radius 1 is 1.03 bits per heavy atom. The Kier molecular flexibility index (Phi) is 5.18. The molecule has 0 radical (unpaired) electrons. The van der Waals surface area contributed by atoms with Crippen LogP contribution in [0.15, 0.2) is 60.8 Å². The molecule has 0 bridgehead atoms. The summed E-state index contributed by atoms with van der Waals surface area (Å²) in [5, 5.41) is 17.1. The highest BCUT2D eigenvalue weighted by molar-refractivity contribution is 5.98. The zero-order chi connectivity index (χ0) is 21.3. The summed E-state index contributed by atoms with van der Waals surface area (Å²) in [6.07, 6.45) is 0.623. The number of carboxylic acids is 1. The van der Waals surface area contributed by atoms with Crippen LogP contribution in [0, 0.1) is 0 Å². The lowest BCUT2D eigenvalue weighted by molar-refractivity contribution is 0.0697. The van der Waals surface area contributed by atoms with Crippen molar-refractivity contribution < 1.29 is 19.4 Å². The second-order valence-electron chi connectivity index (χ2n) is 7.34. The van der Waals surface area contributed by atoms with E-state index in [-0.39, 0.29) is 29.9 Å². The lowest BCUT2D eigenvalue weighted by Crippen LogP contribution is -2.40. The molecule has 0 unspecified atom stereocenters. The van der Waals surface area contributed by atoms with Crippen molar-refractivity contribution in [2.24, 2.45) is 0 Å². The maximum atomic E-state index is 13.0. The van der Waals surface area contributed by atoms with Crippen molar-refractivity contribution in [3.05, 3.63) is 77.5 Å². The van der Waals surface area contributed by atoms with Crippen LogP contribution in [0.4, 0.5) is 10.6 Å². The van der Waals surface area contributed by atoms with Gasteiger partial charge in [-0.05, 0) is 42.2 Å². The highest BCUT2D eigenvalue weighted by Crippen LogP contribution is 2.44. The van der Waals surface area contributed by atoms with E-state index in [1.54, 1.807) is 13.8 Å². The zero-order valence-electron chi connectivity index (χ0n) is 16.6. The number of benzene rings is 2. The third kappa shape index (κ3) is 3.39. The minimum absolute atomic E-state index is 0.0303. The van der Waals surface area contributed by atoms with Gasteiger partial charge in [-0.3, -0.25) is 4.90 Å². The van der Waals surface area contributed by atoms with Gasteiger partial charge >= 0.3 is 12.1 Å². The molecule has 30 heavy (non-hydrogen) atoms. The third-order valence-corrected chi connectivity index (χ3v) is 5.21. The normalized spacial score (nSPS) is 12.4. The predicted octanol–water partition coefficient (Wildman–Crippen LogP) is 4.34. The van der Waals surface area contributed by atoms with Gasteiger partial charge in [0, 0.05) is 12.0 Å². The number of hydrogen-bond donors (Lipinski definition) is 1. The number of carbonyl (C=O) groups excluding carboxylic acids is 1. The lowest BCUT2D eigenvalue weighted by atomic mass is 9.98. The van der Waals surface area contributed by atoms with Crippen LogP contribution in [-0.2, 0) is 4.74 Å². The molecule has 0 aliphatic heterocycles. The summed E-state index contributed by atoms with van der Waals surface area (Å²) in [7, 11) is 0. The van der Waals surface area contributed by atoms with Crippen LogP contribution in [0.2, 0.25) is 0 Å². The minimum atomic E-state index is -1.18. The third-order valence-electron chi connectivity index (χ3n) is 5.21. The van der Waals surface area contributed by atoms with Crippen LogP contribution in [0.3, 0.4) is 0 Å². The average Bonchev–Trinajstić information content (AvgIpc) is 3.06. The van der Waals surface area contributed by atoms with Gasteiger partial charge in [-0.25, -0.2) is 9.59 Å². The summed E-state index contributed by atoms with van der Waals surface area (Å²) in [6, 6.07) is 17.1. The number of rotatable bonds is 5. The van der Waals surface area contributed by atoms with Crippen molar-refractivity contribution >= 4 is 17.9 Å². The molecule has 7 heteroatoms. The number of aromatic carboxylic acids is 1. The van der Waals surface area contributed by atoms with Gasteiger partial charge in [0.25, 0.3) is 0 Å². The van der Waals surface area contributed by atoms with Crippen molar-refractivity contribution in [2.75, 3.05) is 11.5 Å². The molecule has 1 amide bonds. The zero-order valence-corrected chi connectivity index (χ0v) is 16.6. The SMILES string of the molecule is CC(C)N(C(=O)OCC1c2ccccc2-c2ccccc21)c1nnccc1C(=O)O. The van der Waals surface area contributed by atoms with E-state index in [4.69, 9.17) is 4.74 Å². The first-order chi connectivity index (χ1) is 14.5. The molecule has 1 aliphatic carbocycles. The Bertz CT molecular complexity index is 1070. The van der Waals surface area contributed by atoms with Crippen LogP contribution >= 0.6 is 0 Å². The maximum absolute atomic E-state index is 13.0. The summed E-state index contributed by atoms with van der Waals surface area (Å²) in [5.41, 5.74) is 4.38. The van der Waals surface area contributed by atoms with E-state index in [9.17, 15) is 14.7 Å². The molecule has 0 spiro atoms. The molecular formula is C23H21N3O4. The summed E-state index contributed by atoms with van der Waals surface area (Å²) in [4.78, 5) is 25.8. The number of fused-ring (bicyclic) bond motifs is 3. The molecular weight excluding hydrogens is 382 g/mol. The minimum Gasteiger partial charge on any atom is -0.478 e. The van der Waals surface area contributed by atoms with E-state index >= 15 is 0 Å². The number of amides is 1. The molecule has 7 nitrogen and oxygen atoms in total. The van der Waals surface area contributed by atoms with E-state index in [0.717, 1.165) is 22.3 Å². The smallest absolute Gasteiger partial charge is 0.415 e. The molecule has 0 fully saturated rings. The second kappa shape index (κ2) is 7.94. The lowest BCUT2D eigenvalue weighted by Gasteiger charge is -2.26. The largest absolute Gasteiger partial charge is 0.478 e. The van der Waals surface area contributed by atoms with Gasteiger partial charge < -0.3 is 9.84 Å². The van der Waals surface area contributed by atoms with Gasteiger partial charge in [0.2, 0.25) is 0 Å². The van der Waals surface area contributed by atoms with Gasteiger partial charge in [0.1, 0.15) is 12.2 Å². The van der Waals surface area contributed by atoms with Crippen molar-refractivity contribution in [2.45, 2.75) is 25.8 Å². The second-order valence-corrected chi connectivity index (χ2v) is 7.34. The topological polar surface area (TPSA) is 92.6 Å². The summed E-state index contributed by atoms with van der Waals surface area (Å²) in [5.74, 6) is -1.30. The molecule has 1 aromatic heterocycles. The Hall–Kier alpha value is -3.74. The fraction of sp³-hybridized carbons (Fsp3) is 0.217. The fourth-order valence-electron chi connectivity index (χ4n) is 3.87. The molecule has 0 saturated heterocycles. The van der Waals surface area contributed by atoms with E-state index in [2.05, 4.69) is 22.3 Å². The summed E-state index contributed by atoms with van der Waals surface area (Å²) >= 11 is 0. The number of hydrogen-bond acceptors (Lipinski definition) is 5. The molecule has 2 aromatic carbocycles. The quantitative estimate of drug-likeness (QED) is 0.681. The average molecular weight is 403 g/mol. The standard InChI is InChI=1S/C23H21N3O4/c1-14(2)26(21-19(22(27)28)11-12-24-25-21)23(29)30-13-20-17-9-5-3-7-15(17)16-8-4-6-10-18(16)20/h3-12,14,20H,13H2,1-2H3,(H,27,28). The van der Waals surface area contributed by atoms with Crippen LogP contribution < -0.4 is 4.90 Å². The van der Waals surface area contributed by atoms with Crippen molar-refractivity contribution in [3.63, 3.8) is 0 Å². The van der Waals surface area contributed by atoms with Crippen molar-refractivity contribution in [1.29, 1.82) is 0 Å². The van der Waals surface area contributed by atoms with E-state index in [1.165, 1.54) is 17.2 Å². The Morgan fingerprint density at radius 2 is 1.63 bits per heavy atom. The van der Waals surface area contributed by atoms with E-state index < -0.39 is 12.1 Å². The molecule has 152 valence electrons. The van der Waals surface area contributed by atoms with Crippen molar-refractivity contribution in [3.8, 4) is 11.1 Å². The van der Waals surface area contributed by atoms with Gasteiger partial charge in [0.15, 0.2) is 5.82 Å². The van der Waals surface area contributed by atoms with Gasteiger partial charge in [-0.1, -0.05) is 48.5 Å². The highest BCUT2D eigenvalue weighted by atomic mass is 16.6. The van der Waals surface area contributed by atoms with Crippen LogP contribution in [0.5, 0.6) is 0 Å². The fourth-order valence-corrected chi connectivity index (χ4v) is 3.87. The van der Waals surface area contributed by atoms with Gasteiger partial charge in [0.05, 0.1) is 6.20 Å². The number of ether oxygens (including phenoxy) is 1. The molecule has 1 N–H and O–H groups in total. The first kappa shape index (κ1) is 19.6. The number of carboxylic acid groups (broad SMARTS) is 1. The molecule has 1 heterocycles. The molecule has 0 saturated carbocycles. The van der Waals surface area contributed by atoms with Crippen LogP contribution in [-0.4, -0.2) is 40.0 Å². The monoisotopic (exact) mass is 403 g/mol. The van der Waals surface area contributed by atoms with E-state index in [1.807, 2.05) is 36.4 Å². The summed E-state index contributed by atoms with van der Waals surface area (Å²) < 4.78 is 5.68. The highest BCUT2D eigenvalue weighted by Gasteiger charge is 2.32. The Balaban J connectivity index is 1.61. The van der Waals surface area contributed by atoms with Crippen molar-refractivity contribution in [1.82, 2.24) is 10.2 Å². The number of nitrogens with zero attached hydrogens (tertiary/aromatic N) is 3. The molecule has 4 rings (SSSR count). The van der Waals surface area contributed by atoms with Crippen LogP contribution in [0.1, 0.15) is 41.3 Å². The van der Waals surface area contributed by atoms with Crippen LogP contribution in [0.25, 0.3) is 11.1 Å². The number of aromatic nitrogens is 2. The van der Waals surface area contributed by atoms with E-state index in [0.29, 0.717) is 0 Å². The first-order valence-corrected chi connectivity index (χ1v) is 9.68. The molecule has 1 aliphatic rings. The maximum Gasteiger partial charge on any atom is 0.415 e. The summed E-state index contributed by atoms with van der Waals surface area (Å²) in [6.45, 7) is 3.67. The van der Waals surface area contributed by atoms with Gasteiger partial charge in [-0.2, -0.15) is 5.10 Å². The first-order valence-electron chi connectivity index (χ1n) is 9.68.